The van der Waals surface area contributed by atoms with E-state index in [1.165, 1.54) is 0 Å². The average molecular weight is 286 g/mol. The zero-order valence-electron chi connectivity index (χ0n) is 12.8. The summed E-state index contributed by atoms with van der Waals surface area (Å²) in [5, 5.41) is 4.88. The number of rotatable bonds is 6. The van der Waals surface area contributed by atoms with E-state index < -0.39 is 0 Å². The second-order valence-electron chi connectivity index (χ2n) is 4.97. The molecule has 0 aliphatic heterocycles. The van der Waals surface area contributed by atoms with Gasteiger partial charge in [0.1, 0.15) is 0 Å². The number of para-hydroxylation sites is 1. The summed E-state index contributed by atoms with van der Waals surface area (Å²) >= 11 is 0. The van der Waals surface area contributed by atoms with Crippen LogP contribution in [0.2, 0.25) is 0 Å². The second kappa shape index (κ2) is 7.02. The highest BCUT2D eigenvalue weighted by atomic mass is 16.1. The van der Waals surface area contributed by atoms with Crippen molar-refractivity contribution >= 4 is 23.1 Å². The van der Waals surface area contributed by atoms with Crippen LogP contribution in [-0.4, -0.2) is 15.8 Å². The Hall–Kier alpha value is -2.17. The number of aromatic nitrogens is 2. The predicted octanol–water partition coefficient (Wildman–Crippen LogP) is 3.25. The molecule has 0 saturated heterocycles. The number of anilines is 1. The molecule has 0 fully saturated rings. The van der Waals surface area contributed by atoms with E-state index in [9.17, 15) is 4.79 Å². The lowest BCUT2D eigenvalue weighted by Crippen LogP contribution is -2.23. The fourth-order valence-electron chi connectivity index (χ4n) is 2.25. The third-order valence-corrected chi connectivity index (χ3v) is 3.68. The number of hydrogen-bond donors (Lipinski definition) is 1. The molecule has 0 unspecified atom stereocenters. The van der Waals surface area contributed by atoms with Gasteiger partial charge in [0.25, 0.3) is 5.56 Å². The van der Waals surface area contributed by atoms with E-state index in [0.29, 0.717) is 29.3 Å². The van der Waals surface area contributed by atoms with Crippen LogP contribution >= 0.6 is 0 Å². The molecule has 0 spiro atoms. The van der Waals surface area contributed by atoms with Crippen molar-refractivity contribution < 1.29 is 0 Å². The Labute approximate surface area is 124 Å². The van der Waals surface area contributed by atoms with E-state index >= 15 is 0 Å². The summed E-state index contributed by atoms with van der Waals surface area (Å²) in [7, 11) is 0. The van der Waals surface area contributed by atoms with Crippen LogP contribution in [0.1, 0.15) is 33.6 Å². The molecular formula is C16H22N4O. The molecule has 0 radical (unpaired) electrons. The Morgan fingerprint density at radius 1 is 1.29 bits per heavy atom. The average Bonchev–Trinajstić information content (AvgIpc) is 2.52. The Kier molecular flexibility index (Phi) is 5.09. The van der Waals surface area contributed by atoms with Crippen LogP contribution in [0.5, 0.6) is 0 Å². The van der Waals surface area contributed by atoms with Gasteiger partial charge in [0, 0.05) is 12.8 Å². The van der Waals surface area contributed by atoms with Gasteiger partial charge >= 0.3 is 0 Å². The van der Waals surface area contributed by atoms with Gasteiger partial charge in [-0.15, -0.1) is 0 Å². The Morgan fingerprint density at radius 3 is 2.67 bits per heavy atom. The minimum Gasteiger partial charge on any atom is -0.277 e. The van der Waals surface area contributed by atoms with Crippen LogP contribution in [0.4, 0.5) is 5.95 Å². The van der Waals surface area contributed by atoms with E-state index in [1.807, 2.05) is 31.3 Å². The smallest absolute Gasteiger partial charge is 0.262 e. The van der Waals surface area contributed by atoms with Gasteiger partial charge in [-0.05, 0) is 37.8 Å². The second-order valence-corrected chi connectivity index (χ2v) is 4.97. The van der Waals surface area contributed by atoms with Gasteiger partial charge < -0.3 is 0 Å². The first kappa shape index (κ1) is 15.2. The summed E-state index contributed by atoms with van der Waals surface area (Å²) in [5.41, 5.74) is 3.57. The van der Waals surface area contributed by atoms with Crippen LogP contribution in [0.15, 0.2) is 34.2 Å². The van der Waals surface area contributed by atoms with Crippen molar-refractivity contribution in [2.75, 3.05) is 5.43 Å². The molecule has 0 amide bonds. The molecule has 112 valence electrons. The molecule has 21 heavy (non-hydrogen) atoms. The van der Waals surface area contributed by atoms with Crippen molar-refractivity contribution in [3.8, 4) is 0 Å². The highest BCUT2D eigenvalue weighted by Crippen LogP contribution is 2.11. The van der Waals surface area contributed by atoms with Crippen LogP contribution in [-0.2, 0) is 6.54 Å². The van der Waals surface area contributed by atoms with Crippen molar-refractivity contribution in [1.29, 1.82) is 0 Å². The van der Waals surface area contributed by atoms with Gasteiger partial charge in [0.05, 0.1) is 10.9 Å². The van der Waals surface area contributed by atoms with Crippen LogP contribution in [0.3, 0.4) is 0 Å². The first-order valence-corrected chi connectivity index (χ1v) is 7.50. The lowest BCUT2D eigenvalue weighted by Gasteiger charge is -2.11. The van der Waals surface area contributed by atoms with E-state index in [1.54, 1.807) is 10.6 Å². The van der Waals surface area contributed by atoms with Gasteiger partial charge in [-0.2, -0.15) is 5.10 Å². The summed E-state index contributed by atoms with van der Waals surface area (Å²) in [5.74, 6) is 0.933. The van der Waals surface area contributed by atoms with Crippen molar-refractivity contribution in [2.24, 2.45) is 11.0 Å². The highest BCUT2D eigenvalue weighted by molar-refractivity contribution is 5.78. The topological polar surface area (TPSA) is 59.3 Å². The quantitative estimate of drug-likeness (QED) is 0.655. The van der Waals surface area contributed by atoms with E-state index in [4.69, 9.17) is 0 Å². The van der Waals surface area contributed by atoms with Crippen LogP contribution in [0.25, 0.3) is 10.9 Å². The van der Waals surface area contributed by atoms with Crippen molar-refractivity contribution in [1.82, 2.24) is 9.55 Å². The summed E-state index contributed by atoms with van der Waals surface area (Å²) in [6.07, 6.45) is 3.99. The maximum atomic E-state index is 12.4. The maximum absolute atomic E-state index is 12.4. The Bertz CT molecular complexity index is 686. The normalized spacial score (nSPS) is 11.6. The van der Waals surface area contributed by atoms with Gasteiger partial charge in [-0.1, -0.05) is 26.0 Å². The minimum atomic E-state index is -0.0386. The van der Waals surface area contributed by atoms with Gasteiger partial charge in [0.2, 0.25) is 5.95 Å². The molecule has 1 heterocycles. The molecule has 5 heteroatoms. The van der Waals surface area contributed by atoms with Crippen LogP contribution in [0, 0.1) is 5.92 Å². The molecular weight excluding hydrogens is 264 g/mol. The molecule has 2 rings (SSSR count). The summed E-state index contributed by atoms with van der Waals surface area (Å²) in [4.78, 5) is 16.9. The molecule has 2 aromatic rings. The summed E-state index contributed by atoms with van der Waals surface area (Å²) < 4.78 is 1.60. The predicted molar refractivity (Wildman–Crippen MR) is 87.9 cm³/mol. The largest absolute Gasteiger partial charge is 0.277 e. The standard InChI is InChI=1S/C16H22N4O/c1-4-12(5-2)11-17-19-16-18-14-10-8-7-9-13(14)15(21)20(16)6-3/h7-12H,4-6H2,1-3H3,(H,18,19)/b17-11-. The Balaban J connectivity index is 2.37. The minimum absolute atomic E-state index is 0.0386. The zero-order valence-corrected chi connectivity index (χ0v) is 12.8. The number of nitrogens with zero attached hydrogens (tertiary/aromatic N) is 3. The molecule has 5 nitrogen and oxygen atoms in total. The monoisotopic (exact) mass is 286 g/mol. The SMILES string of the molecule is CCC(/C=N\Nc1nc2ccccc2c(=O)n1CC)CC. The van der Waals surface area contributed by atoms with Gasteiger partial charge in [0.15, 0.2) is 0 Å². The Morgan fingerprint density at radius 2 is 2.00 bits per heavy atom. The molecule has 0 bridgehead atoms. The van der Waals surface area contributed by atoms with E-state index in [2.05, 4.69) is 29.4 Å². The maximum Gasteiger partial charge on any atom is 0.262 e. The molecule has 0 aliphatic carbocycles. The fraction of sp³-hybridized carbons (Fsp3) is 0.438. The molecule has 0 atom stereocenters. The van der Waals surface area contributed by atoms with E-state index in [0.717, 1.165) is 12.8 Å². The van der Waals surface area contributed by atoms with Crippen molar-refractivity contribution in [3.63, 3.8) is 0 Å². The third-order valence-electron chi connectivity index (χ3n) is 3.68. The van der Waals surface area contributed by atoms with Crippen molar-refractivity contribution in [2.45, 2.75) is 40.2 Å². The first-order chi connectivity index (χ1) is 10.2. The molecule has 1 aromatic heterocycles. The third kappa shape index (κ3) is 3.29. The van der Waals surface area contributed by atoms with Crippen LogP contribution < -0.4 is 11.0 Å². The lowest BCUT2D eigenvalue weighted by atomic mass is 10.1. The number of fused-ring (bicyclic) bond motifs is 1. The van der Waals surface area contributed by atoms with Crippen molar-refractivity contribution in [3.05, 3.63) is 34.6 Å². The summed E-state index contributed by atoms with van der Waals surface area (Å²) in [6.45, 7) is 6.75. The summed E-state index contributed by atoms with van der Waals surface area (Å²) in [6, 6.07) is 7.37. The number of hydrogen-bond acceptors (Lipinski definition) is 4. The zero-order chi connectivity index (χ0) is 15.2. The lowest BCUT2D eigenvalue weighted by molar-refractivity contribution is 0.653. The van der Waals surface area contributed by atoms with Gasteiger partial charge in [-0.3, -0.25) is 9.36 Å². The fourth-order valence-corrected chi connectivity index (χ4v) is 2.25. The first-order valence-electron chi connectivity index (χ1n) is 7.50. The number of hydrazone groups is 1. The number of nitrogens with one attached hydrogen (secondary N) is 1. The number of benzene rings is 1. The molecule has 1 N–H and O–H groups in total. The van der Waals surface area contributed by atoms with Gasteiger partial charge in [-0.25, -0.2) is 10.4 Å². The molecule has 0 aliphatic rings. The molecule has 0 saturated carbocycles. The highest BCUT2D eigenvalue weighted by Gasteiger charge is 2.08. The van der Waals surface area contributed by atoms with E-state index in [-0.39, 0.29) is 5.56 Å². The molecule has 1 aromatic carbocycles.